The number of nitrogens with zero attached hydrogens (tertiary/aromatic N) is 2. The summed E-state index contributed by atoms with van der Waals surface area (Å²) in [4.78, 5) is 6.27. The van der Waals surface area contributed by atoms with Gasteiger partial charge in [0.15, 0.2) is 0 Å². The van der Waals surface area contributed by atoms with Crippen molar-refractivity contribution in [3.05, 3.63) is 24.3 Å². The first-order valence-electron chi connectivity index (χ1n) is 5.96. The summed E-state index contributed by atoms with van der Waals surface area (Å²) in [6.45, 7) is 3.48. The SMILES string of the molecule is CN=C(NN)Nc1ccc(N2CCOCC2)cc1. The van der Waals surface area contributed by atoms with Gasteiger partial charge in [-0.05, 0) is 24.3 Å². The Bertz CT molecular complexity index is 397. The lowest BCUT2D eigenvalue weighted by atomic mass is 10.2. The summed E-state index contributed by atoms with van der Waals surface area (Å²) in [5.74, 6) is 5.85. The number of benzene rings is 1. The van der Waals surface area contributed by atoms with Crippen LogP contribution in [0.2, 0.25) is 0 Å². The van der Waals surface area contributed by atoms with Crippen molar-refractivity contribution in [2.75, 3.05) is 43.6 Å². The molecule has 0 aromatic heterocycles. The molecule has 0 unspecified atom stereocenters. The van der Waals surface area contributed by atoms with Crippen molar-refractivity contribution >= 4 is 17.3 Å². The van der Waals surface area contributed by atoms with E-state index in [4.69, 9.17) is 10.6 Å². The van der Waals surface area contributed by atoms with Crippen molar-refractivity contribution in [2.45, 2.75) is 0 Å². The van der Waals surface area contributed by atoms with Crippen molar-refractivity contribution in [3.63, 3.8) is 0 Å². The van der Waals surface area contributed by atoms with E-state index < -0.39 is 0 Å². The minimum absolute atomic E-state index is 0.536. The second-order valence-corrected chi connectivity index (χ2v) is 3.99. The molecule has 6 nitrogen and oxygen atoms in total. The molecule has 1 fully saturated rings. The number of nitrogens with one attached hydrogen (secondary N) is 2. The van der Waals surface area contributed by atoms with E-state index in [2.05, 4.69) is 32.8 Å². The van der Waals surface area contributed by atoms with Crippen LogP contribution in [0.4, 0.5) is 11.4 Å². The molecular weight excluding hydrogens is 230 g/mol. The maximum Gasteiger partial charge on any atom is 0.209 e. The highest BCUT2D eigenvalue weighted by Gasteiger charge is 2.10. The summed E-state index contributed by atoms with van der Waals surface area (Å²) < 4.78 is 5.33. The number of ether oxygens (including phenoxy) is 1. The number of nitrogens with two attached hydrogens (primary N) is 1. The minimum atomic E-state index is 0.536. The molecule has 1 aliphatic rings. The summed E-state index contributed by atoms with van der Waals surface area (Å²) in [5, 5.41) is 3.08. The third-order valence-corrected chi connectivity index (χ3v) is 2.87. The fourth-order valence-corrected chi connectivity index (χ4v) is 1.87. The molecule has 0 amide bonds. The highest BCUT2D eigenvalue weighted by Crippen LogP contribution is 2.18. The fraction of sp³-hybridized carbons (Fsp3) is 0.417. The second-order valence-electron chi connectivity index (χ2n) is 3.99. The Kier molecular flexibility index (Phi) is 4.38. The third-order valence-electron chi connectivity index (χ3n) is 2.87. The molecule has 2 rings (SSSR count). The summed E-state index contributed by atoms with van der Waals surface area (Å²) in [6.07, 6.45) is 0. The minimum Gasteiger partial charge on any atom is -0.378 e. The summed E-state index contributed by atoms with van der Waals surface area (Å²) >= 11 is 0. The van der Waals surface area contributed by atoms with Crippen LogP contribution in [-0.2, 0) is 4.74 Å². The molecule has 1 aliphatic heterocycles. The molecule has 0 atom stereocenters. The van der Waals surface area contributed by atoms with E-state index >= 15 is 0 Å². The van der Waals surface area contributed by atoms with Crippen molar-refractivity contribution < 1.29 is 4.74 Å². The molecule has 0 spiro atoms. The van der Waals surface area contributed by atoms with Crippen molar-refractivity contribution in [2.24, 2.45) is 10.8 Å². The molecule has 0 aliphatic carbocycles. The first-order chi connectivity index (χ1) is 8.83. The third kappa shape index (κ3) is 3.12. The Morgan fingerprint density at radius 2 is 1.94 bits per heavy atom. The van der Waals surface area contributed by atoms with Crippen LogP contribution in [0.5, 0.6) is 0 Å². The maximum atomic E-state index is 5.33. The van der Waals surface area contributed by atoms with E-state index in [9.17, 15) is 0 Å². The van der Waals surface area contributed by atoms with Crippen LogP contribution in [0, 0.1) is 0 Å². The Balaban J connectivity index is 2.00. The van der Waals surface area contributed by atoms with Gasteiger partial charge in [0, 0.05) is 31.5 Å². The van der Waals surface area contributed by atoms with Crippen LogP contribution < -0.4 is 21.5 Å². The van der Waals surface area contributed by atoms with Crippen LogP contribution in [0.15, 0.2) is 29.3 Å². The quantitative estimate of drug-likeness (QED) is 0.306. The van der Waals surface area contributed by atoms with Gasteiger partial charge in [-0.15, -0.1) is 0 Å². The zero-order valence-corrected chi connectivity index (χ0v) is 10.5. The molecular formula is C12H19N5O. The largest absolute Gasteiger partial charge is 0.378 e. The Morgan fingerprint density at radius 1 is 1.28 bits per heavy atom. The summed E-state index contributed by atoms with van der Waals surface area (Å²) in [7, 11) is 1.67. The van der Waals surface area contributed by atoms with Gasteiger partial charge in [0.1, 0.15) is 0 Å². The number of hydrazine groups is 1. The number of aliphatic imine (C=N–C) groups is 1. The molecule has 1 aromatic rings. The average molecular weight is 249 g/mol. The van der Waals surface area contributed by atoms with Crippen molar-refractivity contribution in [3.8, 4) is 0 Å². The van der Waals surface area contributed by atoms with Crippen molar-refractivity contribution in [1.29, 1.82) is 0 Å². The van der Waals surface area contributed by atoms with E-state index in [1.54, 1.807) is 7.05 Å². The van der Waals surface area contributed by atoms with E-state index in [1.165, 1.54) is 5.69 Å². The van der Waals surface area contributed by atoms with Gasteiger partial charge in [-0.3, -0.25) is 10.4 Å². The van der Waals surface area contributed by atoms with Gasteiger partial charge in [0.2, 0.25) is 5.96 Å². The van der Waals surface area contributed by atoms with Crippen molar-refractivity contribution in [1.82, 2.24) is 5.43 Å². The summed E-state index contributed by atoms with van der Waals surface area (Å²) in [5.41, 5.74) is 4.65. The molecule has 1 aromatic carbocycles. The van der Waals surface area contributed by atoms with Crippen LogP contribution in [0.1, 0.15) is 0 Å². The highest BCUT2D eigenvalue weighted by molar-refractivity contribution is 5.93. The number of anilines is 2. The average Bonchev–Trinajstić information content (AvgIpc) is 2.46. The number of guanidine groups is 1. The number of hydrogen-bond donors (Lipinski definition) is 3. The molecule has 1 heterocycles. The Morgan fingerprint density at radius 3 is 2.50 bits per heavy atom. The number of hydrogen-bond acceptors (Lipinski definition) is 4. The second kappa shape index (κ2) is 6.23. The molecule has 0 saturated carbocycles. The van der Waals surface area contributed by atoms with Gasteiger partial charge in [-0.2, -0.15) is 0 Å². The smallest absolute Gasteiger partial charge is 0.209 e. The lowest BCUT2D eigenvalue weighted by Crippen LogP contribution is -2.36. The molecule has 1 saturated heterocycles. The van der Waals surface area contributed by atoms with Gasteiger partial charge >= 0.3 is 0 Å². The molecule has 4 N–H and O–H groups in total. The lowest BCUT2D eigenvalue weighted by molar-refractivity contribution is 0.122. The molecule has 0 bridgehead atoms. The van der Waals surface area contributed by atoms with E-state index in [0.29, 0.717) is 5.96 Å². The maximum absolute atomic E-state index is 5.33. The first kappa shape index (κ1) is 12.7. The van der Waals surface area contributed by atoms with E-state index in [-0.39, 0.29) is 0 Å². The van der Waals surface area contributed by atoms with Gasteiger partial charge in [-0.1, -0.05) is 0 Å². The van der Waals surface area contributed by atoms with Gasteiger partial charge in [-0.25, -0.2) is 5.84 Å². The van der Waals surface area contributed by atoms with E-state index in [0.717, 1.165) is 32.0 Å². The molecule has 18 heavy (non-hydrogen) atoms. The van der Waals surface area contributed by atoms with Gasteiger partial charge in [0.05, 0.1) is 13.2 Å². The zero-order valence-electron chi connectivity index (χ0n) is 10.5. The number of rotatable bonds is 2. The predicted octanol–water partition coefficient (Wildman–Crippen LogP) is 0.384. The molecule has 6 heteroatoms. The van der Waals surface area contributed by atoms with Crippen LogP contribution in [-0.4, -0.2) is 39.3 Å². The Labute approximate surface area is 107 Å². The Hall–Kier alpha value is -1.79. The predicted molar refractivity (Wildman–Crippen MR) is 73.8 cm³/mol. The molecule has 98 valence electrons. The topological polar surface area (TPSA) is 74.9 Å². The first-order valence-corrected chi connectivity index (χ1v) is 5.96. The zero-order chi connectivity index (χ0) is 12.8. The summed E-state index contributed by atoms with van der Waals surface area (Å²) in [6, 6.07) is 8.18. The van der Waals surface area contributed by atoms with Crippen LogP contribution >= 0.6 is 0 Å². The van der Waals surface area contributed by atoms with E-state index in [1.807, 2.05) is 12.1 Å². The van der Waals surface area contributed by atoms with Crippen LogP contribution in [0.3, 0.4) is 0 Å². The van der Waals surface area contributed by atoms with Gasteiger partial charge < -0.3 is 15.0 Å². The highest BCUT2D eigenvalue weighted by atomic mass is 16.5. The van der Waals surface area contributed by atoms with Gasteiger partial charge in [0.25, 0.3) is 0 Å². The standard InChI is InChI=1S/C12H19N5O/c1-14-12(16-13)15-10-2-4-11(5-3-10)17-6-8-18-9-7-17/h2-5H,6-9,13H2,1H3,(H2,14,15,16). The molecule has 0 radical (unpaired) electrons. The lowest BCUT2D eigenvalue weighted by Gasteiger charge is -2.28. The monoisotopic (exact) mass is 249 g/mol. The number of morpholine rings is 1. The fourth-order valence-electron chi connectivity index (χ4n) is 1.87. The van der Waals surface area contributed by atoms with Crippen LogP contribution in [0.25, 0.3) is 0 Å². The normalized spacial score (nSPS) is 16.6.